The molecule has 292 valence electrons. The Morgan fingerprint density at radius 3 is 1.16 bits per heavy atom. The molecule has 4 nitrogen and oxygen atoms in total. The highest BCUT2D eigenvalue weighted by Gasteiger charge is 2.52. The molecule has 0 N–H and O–H groups in total. The van der Waals surface area contributed by atoms with Crippen LogP contribution in [0.2, 0.25) is 0 Å². The largest absolute Gasteiger partial charge is 0.208 e. The van der Waals surface area contributed by atoms with E-state index in [9.17, 15) is 5.26 Å². The predicted octanol–water partition coefficient (Wildman–Crippen LogP) is 14.1. The summed E-state index contributed by atoms with van der Waals surface area (Å²) in [7, 11) is 0. The van der Waals surface area contributed by atoms with Gasteiger partial charge in [0.1, 0.15) is 0 Å². The van der Waals surface area contributed by atoms with Crippen LogP contribution in [0.15, 0.2) is 218 Å². The first kappa shape index (κ1) is 36.3. The first-order valence-corrected chi connectivity index (χ1v) is 21.2. The van der Waals surface area contributed by atoms with Gasteiger partial charge in [-0.1, -0.05) is 206 Å². The molecule has 0 fully saturated rings. The minimum absolute atomic E-state index is 0.545. The lowest BCUT2D eigenvalue weighted by atomic mass is 9.70. The van der Waals surface area contributed by atoms with Crippen molar-refractivity contribution < 1.29 is 0 Å². The van der Waals surface area contributed by atoms with Crippen LogP contribution >= 0.6 is 0 Å². The second-order valence-electron chi connectivity index (χ2n) is 16.2. The van der Waals surface area contributed by atoms with Crippen LogP contribution in [0.5, 0.6) is 0 Å². The summed E-state index contributed by atoms with van der Waals surface area (Å²) in [5.74, 6) is 1.83. The Kier molecular flexibility index (Phi) is 8.42. The first-order chi connectivity index (χ1) is 31.2. The Morgan fingerprint density at radius 1 is 0.302 bits per heavy atom. The van der Waals surface area contributed by atoms with E-state index in [2.05, 4.69) is 200 Å². The highest BCUT2D eigenvalue weighted by Crippen LogP contribution is 2.63. The maximum Gasteiger partial charge on any atom is 0.164 e. The van der Waals surface area contributed by atoms with Crippen molar-refractivity contribution in [1.82, 2.24) is 15.0 Å². The van der Waals surface area contributed by atoms with Gasteiger partial charge in [0.15, 0.2) is 17.5 Å². The molecule has 63 heavy (non-hydrogen) atoms. The Morgan fingerprint density at radius 2 is 0.683 bits per heavy atom. The summed E-state index contributed by atoms with van der Waals surface area (Å²) in [5, 5.41) is 10.4. The van der Waals surface area contributed by atoms with E-state index in [0.29, 0.717) is 23.0 Å². The van der Waals surface area contributed by atoms with Gasteiger partial charge in [-0.25, -0.2) is 15.0 Å². The lowest BCUT2D eigenvalue weighted by Crippen LogP contribution is -2.25. The summed E-state index contributed by atoms with van der Waals surface area (Å²) >= 11 is 0. The van der Waals surface area contributed by atoms with Crippen molar-refractivity contribution in [2.75, 3.05) is 0 Å². The Balaban J connectivity index is 0.958. The molecule has 1 spiro atoms. The second-order valence-corrected chi connectivity index (χ2v) is 16.2. The molecule has 2 aliphatic carbocycles. The molecule has 0 radical (unpaired) electrons. The van der Waals surface area contributed by atoms with Gasteiger partial charge in [-0.3, -0.25) is 0 Å². The van der Waals surface area contributed by atoms with E-state index in [1.54, 1.807) is 0 Å². The summed E-state index contributed by atoms with van der Waals surface area (Å²) in [5.41, 5.74) is 19.1. The van der Waals surface area contributed by atoms with Gasteiger partial charge in [-0.2, -0.15) is 5.26 Å². The SMILES string of the molecule is N#Cc1cccc2c1-c1ccc(-c3ccc(-c4nc(-c5ccc(-c6ccccc6)cc5)nc(-c5ccc(-c6ccccc6)cc5)n4)cc3)cc1C21c2ccccc2-c2ccccc21. The molecule has 0 atom stereocenters. The number of hydrogen-bond acceptors (Lipinski definition) is 4. The van der Waals surface area contributed by atoms with Crippen LogP contribution < -0.4 is 0 Å². The standard InChI is InChI=1S/C59H36N4/c60-37-47-16-11-21-53-55(47)50-35-34-46(36-54(50)59(53)51-19-9-7-17-48(51)49-18-8-10-20-52(49)59)42-26-32-45(33-27-42)58-62-56(43-28-22-40(23-29-43)38-12-3-1-4-13-38)61-57(63-58)44-30-24-41(25-31-44)39-14-5-2-6-15-39/h1-36H. The van der Waals surface area contributed by atoms with E-state index < -0.39 is 5.41 Å². The number of rotatable bonds is 6. The van der Waals surface area contributed by atoms with Gasteiger partial charge in [-0.05, 0) is 84.5 Å². The Bertz CT molecular complexity index is 3280. The van der Waals surface area contributed by atoms with E-state index in [-0.39, 0.29) is 0 Å². The molecule has 0 amide bonds. The maximum atomic E-state index is 10.4. The quantitative estimate of drug-likeness (QED) is 0.168. The van der Waals surface area contributed by atoms with Gasteiger partial charge in [0, 0.05) is 22.3 Å². The van der Waals surface area contributed by atoms with Gasteiger partial charge >= 0.3 is 0 Å². The van der Waals surface area contributed by atoms with Crippen LogP contribution in [-0.4, -0.2) is 15.0 Å². The Labute approximate surface area is 366 Å². The normalized spacial score (nSPS) is 12.6. The first-order valence-electron chi connectivity index (χ1n) is 21.2. The van der Waals surface area contributed by atoms with E-state index in [4.69, 9.17) is 15.0 Å². The zero-order chi connectivity index (χ0) is 41.9. The molecular formula is C59H36N4. The molecule has 1 aromatic heterocycles. The zero-order valence-electron chi connectivity index (χ0n) is 34.1. The van der Waals surface area contributed by atoms with Crippen LogP contribution in [0, 0.1) is 11.3 Å². The molecule has 0 saturated carbocycles. The fraction of sp³-hybridized carbons (Fsp3) is 0.0169. The summed E-state index contributed by atoms with van der Waals surface area (Å²) in [6.07, 6.45) is 0. The molecule has 0 bridgehead atoms. The average Bonchev–Trinajstić information content (AvgIpc) is 3.84. The average molecular weight is 801 g/mol. The number of hydrogen-bond donors (Lipinski definition) is 0. The molecule has 10 aromatic rings. The fourth-order valence-electron chi connectivity index (χ4n) is 9.92. The van der Waals surface area contributed by atoms with Crippen LogP contribution in [0.25, 0.3) is 89.8 Å². The van der Waals surface area contributed by atoms with Gasteiger partial charge in [0.05, 0.1) is 17.0 Å². The molecule has 4 heteroatoms. The smallest absolute Gasteiger partial charge is 0.164 e. The number of aromatic nitrogens is 3. The van der Waals surface area contributed by atoms with E-state index in [1.807, 2.05) is 24.3 Å². The van der Waals surface area contributed by atoms with Crippen LogP contribution in [-0.2, 0) is 5.41 Å². The Hall–Kier alpha value is -8.52. The molecule has 0 unspecified atom stereocenters. The van der Waals surface area contributed by atoms with Crippen LogP contribution in [0.1, 0.15) is 27.8 Å². The minimum Gasteiger partial charge on any atom is -0.208 e. The number of fused-ring (bicyclic) bond motifs is 10. The molecule has 1 heterocycles. The van der Waals surface area contributed by atoms with Crippen molar-refractivity contribution in [3.05, 3.63) is 246 Å². The van der Waals surface area contributed by atoms with Gasteiger partial charge < -0.3 is 0 Å². The van der Waals surface area contributed by atoms with Crippen molar-refractivity contribution in [2.24, 2.45) is 0 Å². The van der Waals surface area contributed by atoms with Crippen molar-refractivity contribution in [2.45, 2.75) is 5.41 Å². The van der Waals surface area contributed by atoms with E-state index >= 15 is 0 Å². The highest BCUT2D eigenvalue weighted by atomic mass is 15.0. The van der Waals surface area contributed by atoms with Crippen LogP contribution in [0.4, 0.5) is 0 Å². The molecule has 0 saturated heterocycles. The summed E-state index contributed by atoms with van der Waals surface area (Å²) in [6, 6.07) is 79.2. The van der Waals surface area contributed by atoms with Gasteiger partial charge in [0.2, 0.25) is 0 Å². The maximum absolute atomic E-state index is 10.4. The lowest BCUT2D eigenvalue weighted by molar-refractivity contribution is 0.794. The molecule has 2 aliphatic rings. The zero-order valence-corrected chi connectivity index (χ0v) is 34.1. The summed E-state index contributed by atoms with van der Waals surface area (Å²) < 4.78 is 0. The second kappa shape index (κ2) is 14.6. The number of nitriles is 1. The fourth-order valence-corrected chi connectivity index (χ4v) is 9.92. The monoisotopic (exact) mass is 800 g/mol. The van der Waals surface area contributed by atoms with Crippen molar-refractivity contribution in [1.29, 1.82) is 5.26 Å². The third-order valence-electron chi connectivity index (χ3n) is 12.8. The third-order valence-corrected chi connectivity index (χ3v) is 12.8. The van der Waals surface area contributed by atoms with E-state index in [1.165, 1.54) is 27.8 Å². The van der Waals surface area contributed by atoms with Gasteiger partial charge in [-0.15, -0.1) is 0 Å². The number of nitrogens with zero attached hydrogens (tertiary/aromatic N) is 4. The number of benzene rings is 9. The molecule has 0 aliphatic heterocycles. The topological polar surface area (TPSA) is 62.5 Å². The molecular weight excluding hydrogens is 765 g/mol. The molecule has 12 rings (SSSR count). The van der Waals surface area contributed by atoms with Crippen molar-refractivity contribution in [3.63, 3.8) is 0 Å². The summed E-state index contributed by atoms with van der Waals surface area (Å²) in [4.78, 5) is 15.3. The molecule has 9 aromatic carbocycles. The lowest BCUT2D eigenvalue weighted by Gasteiger charge is -2.30. The van der Waals surface area contributed by atoms with Crippen LogP contribution in [0.3, 0.4) is 0 Å². The third kappa shape index (κ3) is 5.79. The minimum atomic E-state index is -0.545. The summed E-state index contributed by atoms with van der Waals surface area (Å²) in [6.45, 7) is 0. The van der Waals surface area contributed by atoms with Gasteiger partial charge in [0.25, 0.3) is 0 Å². The predicted molar refractivity (Wildman–Crippen MR) is 253 cm³/mol. The van der Waals surface area contributed by atoms with Crippen molar-refractivity contribution >= 4 is 0 Å². The highest BCUT2D eigenvalue weighted by molar-refractivity contribution is 5.97. The van der Waals surface area contributed by atoms with Crippen molar-refractivity contribution in [3.8, 4) is 95.9 Å². The van der Waals surface area contributed by atoms with E-state index in [0.717, 1.165) is 66.8 Å².